The van der Waals surface area contributed by atoms with Crippen molar-refractivity contribution in [3.63, 3.8) is 0 Å². The van der Waals surface area contributed by atoms with E-state index in [9.17, 15) is 4.79 Å². The van der Waals surface area contributed by atoms with E-state index in [1.807, 2.05) is 6.92 Å². The minimum Gasteiger partial charge on any atom is -0.312 e. The van der Waals surface area contributed by atoms with Gasteiger partial charge in [0.15, 0.2) is 7.85 Å². The van der Waals surface area contributed by atoms with Crippen molar-refractivity contribution in [3.8, 4) is 0 Å². The Balaban J connectivity index is 3.16. The molecule has 0 fully saturated rings. The van der Waals surface area contributed by atoms with E-state index >= 15 is 0 Å². The van der Waals surface area contributed by atoms with Crippen LogP contribution in [0.2, 0.25) is 0 Å². The third kappa shape index (κ3) is 5.40. The molecule has 8 heavy (non-hydrogen) atoms. The summed E-state index contributed by atoms with van der Waals surface area (Å²) in [5.41, 5.74) is -0.331. The van der Waals surface area contributed by atoms with Gasteiger partial charge in [-0.2, -0.15) is 0 Å². The largest absolute Gasteiger partial charge is 0.312 e. The lowest BCUT2D eigenvalue weighted by atomic mass is 10.0. The molecule has 0 heterocycles. The van der Waals surface area contributed by atoms with Crippen LogP contribution in [-0.2, 0) is 4.79 Å². The molecular weight excluding hydrogens is 101 g/mol. The molecule has 2 radical (unpaired) electrons. The Bertz CT molecular complexity index is 101. The topological polar surface area (TPSA) is 29.4 Å². The number of hydrogen-bond acceptors (Lipinski definition) is 2. The van der Waals surface area contributed by atoms with Crippen molar-refractivity contribution in [1.29, 1.82) is 0 Å². The van der Waals surface area contributed by atoms with Crippen LogP contribution in [0.1, 0.15) is 13.3 Å². The highest BCUT2D eigenvalue weighted by molar-refractivity contribution is 6.58. The number of nitrogens with zero attached hydrogens (tertiary/aromatic N) is 1. The molecule has 42 valence electrons. The number of rotatable bonds is 3. The number of aliphatic imine (C=N–C) groups is 1. The fraction of sp³-hybridized carbons (Fsp3) is 0.600. The first kappa shape index (κ1) is 7.40. The van der Waals surface area contributed by atoms with Gasteiger partial charge >= 0.3 is 0 Å². The van der Waals surface area contributed by atoms with Crippen molar-refractivity contribution < 1.29 is 4.79 Å². The summed E-state index contributed by atoms with van der Waals surface area (Å²) >= 11 is 0. The Hall–Kier alpha value is -0.595. The Kier molecular flexibility index (Phi) is 4.22. The average molecular weight is 109 g/mol. The summed E-state index contributed by atoms with van der Waals surface area (Å²) in [5, 5.41) is 0. The van der Waals surface area contributed by atoms with Gasteiger partial charge in [-0.25, -0.2) is 0 Å². The minimum atomic E-state index is -0.331. The molecule has 0 aromatic heterocycles. The predicted octanol–water partition coefficient (Wildman–Crippen LogP) is 0.162. The fourth-order valence-electron chi connectivity index (χ4n) is 0.284. The van der Waals surface area contributed by atoms with Gasteiger partial charge in [0.05, 0.1) is 5.68 Å². The molecule has 0 aliphatic rings. The number of hydrogen-bond donors (Lipinski definition) is 0. The van der Waals surface area contributed by atoms with Crippen molar-refractivity contribution >= 4 is 19.7 Å². The summed E-state index contributed by atoms with van der Waals surface area (Å²) in [7, 11) is 4.80. The van der Waals surface area contributed by atoms with E-state index in [-0.39, 0.29) is 12.1 Å². The number of carbonyl (C=O) groups excluding carboxylic acids is 1. The first-order valence-electron chi connectivity index (χ1n) is 2.54. The van der Waals surface area contributed by atoms with Gasteiger partial charge in [0.25, 0.3) is 0 Å². The van der Waals surface area contributed by atoms with E-state index in [1.165, 1.54) is 6.21 Å². The van der Waals surface area contributed by atoms with Crippen LogP contribution in [0.15, 0.2) is 4.99 Å². The Morgan fingerprint density at radius 1 is 1.88 bits per heavy atom. The SMILES string of the molecule is [B]C(=O)CC=NCC. The highest BCUT2D eigenvalue weighted by Crippen LogP contribution is 1.71. The summed E-state index contributed by atoms with van der Waals surface area (Å²) in [6, 6.07) is 0. The van der Waals surface area contributed by atoms with Gasteiger partial charge in [-0.3, -0.25) is 4.99 Å². The second kappa shape index (κ2) is 4.56. The van der Waals surface area contributed by atoms with Gasteiger partial charge in [-0.15, -0.1) is 0 Å². The zero-order chi connectivity index (χ0) is 6.41. The average Bonchev–Trinajstić information content (AvgIpc) is 1.66. The molecule has 0 saturated heterocycles. The van der Waals surface area contributed by atoms with Crippen LogP contribution in [0.4, 0.5) is 0 Å². The van der Waals surface area contributed by atoms with E-state index in [2.05, 4.69) is 4.99 Å². The molecule has 0 N–H and O–H groups in total. The van der Waals surface area contributed by atoms with Crippen LogP contribution in [0.3, 0.4) is 0 Å². The molecule has 0 atom stereocenters. The van der Waals surface area contributed by atoms with E-state index in [0.29, 0.717) is 6.54 Å². The van der Waals surface area contributed by atoms with Gasteiger partial charge in [-0.1, -0.05) is 0 Å². The molecule has 0 rings (SSSR count). The third-order valence-corrected chi connectivity index (χ3v) is 0.604. The Morgan fingerprint density at radius 3 is 2.88 bits per heavy atom. The molecule has 0 saturated carbocycles. The van der Waals surface area contributed by atoms with Crippen LogP contribution in [0.25, 0.3) is 0 Å². The number of carbonyl (C=O) groups is 1. The van der Waals surface area contributed by atoms with Crippen molar-refractivity contribution in [1.82, 2.24) is 0 Å². The summed E-state index contributed by atoms with van der Waals surface area (Å²) in [6.45, 7) is 2.62. The first-order valence-corrected chi connectivity index (χ1v) is 2.54. The van der Waals surface area contributed by atoms with Crippen molar-refractivity contribution in [2.75, 3.05) is 6.54 Å². The van der Waals surface area contributed by atoms with Gasteiger partial charge in [-0.05, 0) is 6.92 Å². The molecule has 0 amide bonds. The van der Waals surface area contributed by atoms with Gasteiger partial charge in [0.1, 0.15) is 0 Å². The summed E-state index contributed by atoms with van der Waals surface area (Å²) in [4.78, 5) is 13.8. The molecule has 0 aromatic carbocycles. The maximum Gasteiger partial charge on any atom is 0.168 e. The van der Waals surface area contributed by atoms with Gasteiger partial charge < -0.3 is 4.79 Å². The van der Waals surface area contributed by atoms with Crippen LogP contribution in [0.5, 0.6) is 0 Å². The summed E-state index contributed by atoms with van der Waals surface area (Å²) in [5.74, 6) is 0. The van der Waals surface area contributed by atoms with Gasteiger partial charge in [0.2, 0.25) is 0 Å². The highest BCUT2D eigenvalue weighted by Gasteiger charge is 1.83. The van der Waals surface area contributed by atoms with Crippen molar-refractivity contribution in [2.45, 2.75) is 13.3 Å². The molecular formula is C5H8BNO. The molecule has 0 spiro atoms. The molecule has 2 nitrogen and oxygen atoms in total. The maximum absolute atomic E-state index is 10.0. The summed E-state index contributed by atoms with van der Waals surface area (Å²) in [6.07, 6.45) is 1.79. The van der Waals surface area contributed by atoms with E-state index in [0.717, 1.165) is 0 Å². The van der Waals surface area contributed by atoms with Crippen LogP contribution < -0.4 is 0 Å². The monoisotopic (exact) mass is 109 g/mol. The van der Waals surface area contributed by atoms with Crippen LogP contribution >= 0.6 is 0 Å². The lowest BCUT2D eigenvalue weighted by Gasteiger charge is -1.81. The minimum absolute atomic E-state index is 0.258. The van der Waals surface area contributed by atoms with Crippen molar-refractivity contribution in [3.05, 3.63) is 0 Å². The van der Waals surface area contributed by atoms with Crippen molar-refractivity contribution in [2.24, 2.45) is 4.99 Å². The molecule has 0 bridgehead atoms. The Labute approximate surface area is 50.4 Å². The first-order chi connectivity index (χ1) is 3.77. The molecule has 3 heteroatoms. The molecule has 0 unspecified atom stereocenters. The normalized spacial score (nSPS) is 10.1. The van der Waals surface area contributed by atoms with Crippen LogP contribution in [-0.4, -0.2) is 26.3 Å². The fourth-order valence-corrected chi connectivity index (χ4v) is 0.284. The van der Waals surface area contributed by atoms with E-state index in [4.69, 9.17) is 7.85 Å². The molecule has 0 aliphatic carbocycles. The lowest BCUT2D eigenvalue weighted by Crippen LogP contribution is -1.95. The second-order valence-corrected chi connectivity index (χ2v) is 1.35. The van der Waals surface area contributed by atoms with E-state index in [1.54, 1.807) is 0 Å². The predicted molar refractivity (Wildman–Crippen MR) is 34.4 cm³/mol. The zero-order valence-electron chi connectivity index (χ0n) is 4.92. The molecule has 0 aromatic rings. The summed E-state index contributed by atoms with van der Waals surface area (Å²) < 4.78 is 0. The maximum atomic E-state index is 10.0. The smallest absolute Gasteiger partial charge is 0.168 e. The third-order valence-electron chi connectivity index (χ3n) is 0.604. The second-order valence-electron chi connectivity index (χ2n) is 1.35. The van der Waals surface area contributed by atoms with E-state index < -0.39 is 0 Å². The van der Waals surface area contributed by atoms with Gasteiger partial charge in [0, 0.05) is 19.2 Å². The highest BCUT2D eigenvalue weighted by atomic mass is 16.1. The quantitative estimate of drug-likeness (QED) is 0.375. The Morgan fingerprint density at radius 2 is 2.50 bits per heavy atom. The zero-order valence-corrected chi connectivity index (χ0v) is 4.92. The standard InChI is InChI=1S/C5H8BNO/c1-2-7-4-3-5(6)8/h4H,2-3H2,1H3. The lowest BCUT2D eigenvalue weighted by molar-refractivity contribution is -0.110. The van der Waals surface area contributed by atoms with Crippen LogP contribution in [0, 0.1) is 0 Å². The molecule has 0 aliphatic heterocycles.